The summed E-state index contributed by atoms with van der Waals surface area (Å²) in [6, 6.07) is 0. The summed E-state index contributed by atoms with van der Waals surface area (Å²) in [5.41, 5.74) is 0. The number of sulfone groups is 1. The molecule has 1 aliphatic heterocycles. The van der Waals surface area contributed by atoms with Gasteiger partial charge < -0.3 is 15.5 Å². The van der Waals surface area contributed by atoms with Crippen LogP contribution in [0.3, 0.4) is 0 Å². The van der Waals surface area contributed by atoms with E-state index in [-0.39, 0.29) is 0 Å². The predicted octanol–water partition coefficient (Wildman–Crippen LogP) is -1.56. The largest absolute Gasteiger partial charge is 0.355 e. The first-order chi connectivity index (χ1) is 7.97. The second-order valence-electron chi connectivity index (χ2n) is 4.37. The van der Waals surface area contributed by atoms with Crippen molar-refractivity contribution in [2.24, 2.45) is 0 Å². The van der Waals surface area contributed by atoms with Gasteiger partial charge in [-0.05, 0) is 13.0 Å². The average Bonchev–Trinajstić information content (AvgIpc) is 2.23. The molecule has 6 nitrogen and oxygen atoms in total. The second-order valence-corrected chi connectivity index (χ2v) is 6.51. The molecule has 0 aromatic heterocycles. The zero-order valence-corrected chi connectivity index (χ0v) is 11.1. The Hall–Kier alpha value is -0.660. The predicted molar refractivity (Wildman–Crippen MR) is 66.6 cm³/mol. The summed E-state index contributed by atoms with van der Waals surface area (Å²) in [6.45, 7) is 5.59. The molecule has 0 saturated carbocycles. The van der Waals surface area contributed by atoms with Crippen LogP contribution in [0.1, 0.15) is 6.42 Å². The minimum atomic E-state index is -3.21. The lowest BCUT2D eigenvalue weighted by molar-refractivity contribution is -0.118. The van der Waals surface area contributed by atoms with E-state index >= 15 is 0 Å². The van der Waals surface area contributed by atoms with E-state index in [0.717, 1.165) is 45.4 Å². The van der Waals surface area contributed by atoms with E-state index in [0.29, 0.717) is 6.54 Å². The molecule has 0 aliphatic carbocycles. The third kappa shape index (κ3) is 7.30. The van der Waals surface area contributed by atoms with Gasteiger partial charge in [-0.3, -0.25) is 4.79 Å². The minimum Gasteiger partial charge on any atom is -0.355 e. The van der Waals surface area contributed by atoms with E-state index in [9.17, 15) is 13.2 Å². The summed E-state index contributed by atoms with van der Waals surface area (Å²) >= 11 is 0. The van der Waals surface area contributed by atoms with Crippen molar-refractivity contribution in [2.45, 2.75) is 6.42 Å². The van der Waals surface area contributed by atoms with Crippen molar-refractivity contribution in [1.82, 2.24) is 15.5 Å². The minimum absolute atomic E-state index is 0.409. The molecule has 1 amide bonds. The Balaban J connectivity index is 2.05. The Bertz CT molecular complexity index is 337. The molecule has 17 heavy (non-hydrogen) atoms. The number of carbonyl (C=O) groups excluding carboxylic acids is 1. The van der Waals surface area contributed by atoms with Gasteiger partial charge in [0.25, 0.3) is 0 Å². The van der Waals surface area contributed by atoms with Crippen molar-refractivity contribution >= 4 is 15.7 Å². The number of amides is 1. The smallest absolute Gasteiger partial charge is 0.235 e. The third-order valence-corrected chi connectivity index (χ3v) is 3.36. The van der Waals surface area contributed by atoms with Gasteiger partial charge in [0.15, 0.2) is 9.84 Å². The van der Waals surface area contributed by atoms with E-state index < -0.39 is 21.5 Å². The monoisotopic (exact) mass is 263 g/mol. The number of hydrogen-bond acceptors (Lipinski definition) is 5. The number of piperazine rings is 1. The van der Waals surface area contributed by atoms with Crippen LogP contribution in [0.5, 0.6) is 0 Å². The average molecular weight is 263 g/mol. The maximum Gasteiger partial charge on any atom is 0.235 e. The number of nitrogens with one attached hydrogen (secondary N) is 2. The molecule has 2 N–H and O–H groups in total. The van der Waals surface area contributed by atoms with Crippen molar-refractivity contribution in [2.75, 3.05) is 51.3 Å². The Morgan fingerprint density at radius 2 is 2.00 bits per heavy atom. The van der Waals surface area contributed by atoms with Crippen molar-refractivity contribution in [3.05, 3.63) is 0 Å². The van der Waals surface area contributed by atoms with E-state index in [4.69, 9.17) is 0 Å². The molecule has 0 aromatic carbocycles. The highest BCUT2D eigenvalue weighted by atomic mass is 32.2. The fourth-order valence-electron chi connectivity index (χ4n) is 1.75. The van der Waals surface area contributed by atoms with Crippen LogP contribution in [0, 0.1) is 0 Å². The van der Waals surface area contributed by atoms with Crippen molar-refractivity contribution in [1.29, 1.82) is 0 Å². The van der Waals surface area contributed by atoms with E-state index in [1.54, 1.807) is 0 Å². The Morgan fingerprint density at radius 1 is 1.35 bits per heavy atom. The Labute approximate surface area is 103 Å². The number of carbonyl (C=O) groups is 1. The van der Waals surface area contributed by atoms with Gasteiger partial charge in [0, 0.05) is 39.0 Å². The summed E-state index contributed by atoms with van der Waals surface area (Å²) < 4.78 is 21.7. The molecule has 0 spiro atoms. The lowest BCUT2D eigenvalue weighted by Gasteiger charge is -2.27. The van der Waals surface area contributed by atoms with Crippen molar-refractivity contribution in [3.63, 3.8) is 0 Å². The van der Waals surface area contributed by atoms with Crippen LogP contribution in [0.2, 0.25) is 0 Å². The Morgan fingerprint density at radius 3 is 2.59 bits per heavy atom. The highest BCUT2D eigenvalue weighted by Gasteiger charge is 2.11. The molecule has 0 aromatic rings. The SMILES string of the molecule is CS(=O)(=O)CC(=O)NCCCN1CCNCC1. The fourth-order valence-corrected chi connectivity index (χ4v) is 2.33. The highest BCUT2D eigenvalue weighted by Crippen LogP contribution is 1.93. The molecule has 0 radical (unpaired) electrons. The summed E-state index contributed by atoms with van der Waals surface area (Å²) in [5, 5.41) is 5.89. The molecular formula is C10H21N3O3S. The molecule has 0 bridgehead atoms. The number of nitrogens with zero attached hydrogens (tertiary/aromatic N) is 1. The van der Waals surface area contributed by atoms with E-state index in [2.05, 4.69) is 15.5 Å². The number of hydrogen-bond donors (Lipinski definition) is 2. The van der Waals surface area contributed by atoms with Crippen LogP contribution in [-0.4, -0.2) is 70.5 Å². The van der Waals surface area contributed by atoms with Gasteiger partial charge in [0.05, 0.1) is 0 Å². The zero-order valence-electron chi connectivity index (χ0n) is 10.2. The van der Waals surface area contributed by atoms with Crippen molar-refractivity contribution < 1.29 is 13.2 Å². The molecule has 7 heteroatoms. The first kappa shape index (κ1) is 14.4. The van der Waals surface area contributed by atoms with Crippen LogP contribution in [0.4, 0.5) is 0 Å². The second kappa shape index (κ2) is 6.93. The number of rotatable bonds is 6. The van der Waals surface area contributed by atoms with Crippen LogP contribution >= 0.6 is 0 Å². The van der Waals surface area contributed by atoms with Crippen molar-refractivity contribution in [3.8, 4) is 0 Å². The first-order valence-electron chi connectivity index (χ1n) is 5.85. The van der Waals surface area contributed by atoms with E-state index in [1.165, 1.54) is 0 Å². The quantitative estimate of drug-likeness (QED) is 0.567. The molecule has 1 aliphatic rings. The van der Waals surface area contributed by atoms with Gasteiger partial charge >= 0.3 is 0 Å². The normalized spacial score (nSPS) is 17.9. The summed E-state index contributed by atoms with van der Waals surface area (Å²) in [7, 11) is -3.21. The molecule has 1 heterocycles. The van der Waals surface area contributed by atoms with Gasteiger partial charge in [-0.15, -0.1) is 0 Å². The molecule has 100 valence electrons. The molecule has 1 fully saturated rings. The molecular weight excluding hydrogens is 242 g/mol. The van der Waals surface area contributed by atoms with Crippen LogP contribution < -0.4 is 10.6 Å². The van der Waals surface area contributed by atoms with Gasteiger partial charge in [0.2, 0.25) is 5.91 Å². The lowest BCUT2D eigenvalue weighted by atomic mass is 10.3. The van der Waals surface area contributed by atoms with Crippen LogP contribution in [-0.2, 0) is 14.6 Å². The topological polar surface area (TPSA) is 78.5 Å². The lowest BCUT2D eigenvalue weighted by Crippen LogP contribution is -2.44. The molecule has 0 atom stereocenters. The van der Waals surface area contributed by atoms with Crippen LogP contribution in [0.25, 0.3) is 0 Å². The molecule has 0 unspecified atom stereocenters. The summed E-state index contributed by atoms with van der Waals surface area (Å²) in [4.78, 5) is 13.5. The zero-order chi connectivity index (χ0) is 12.7. The van der Waals surface area contributed by atoms with Gasteiger partial charge in [-0.25, -0.2) is 8.42 Å². The molecule has 1 saturated heterocycles. The van der Waals surface area contributed by atoms with Gasteiger partial charge in [-0.1, -0.05) is 0 Å². The molecule has 1 rings (SSSR count). The maximum absolute atomic E-state index is 11.2. The summed E-state index contributed by atoms with van der Waals surface area (Å²) in [5.74, 6) is -0.825. The van der Waals surface area contributed by atoms with Gasteiger partial charge in [-0.2, -0.15) is 0 Å². The standard InChI is InChI=1S/C10H21N3O3S/c1-17(15,16)9-10(14)12-3-2-6-13-7-4-11-5-8-13/h11H,2-9H2,1H3,(H,12,14). The summed E-state index contributed by atoms with van der Waals surface area (Å²) in [6.07, 6.45) is 1.92. The van der Waals surface area contributed by atoms with Crippen LogP contribution in [0.15, 0.2) is 0 Å². The maximum atomic E-state index is 11.2. The first-order valence-corrected chi connectivity index (χ1v) is 7.91. The third-order valence-electron chi connectivity index (χ3n) is 2.58. The Kier molecular flexibility index (Phi) is 5.87. The highest BCUT2D eigenvalue weighted by molar-refractivity contribution is 7.91. The fraction of sp³-hybridized carbons (Fsp3) is 0.900. The van der Waals surface area contributed by atoms with Gasteiger partial charge in [0.1, 0.15) is 5.75 Å². The van der Waals surface area contributed by atoms with E-state index in [1.807, 2.05) is 0 Å².